The standard InChI is InChI=1S/C11H11ClN4S/c12-8-4-5-9-17-11-13-14-15-16(11)10-6-2-1-3-7-10/h1-7H,8-9H2. The maximum atomic E-state index is 5.55. The van der Waals surface area contributed by atoms with Crippen molar-refractivity contribution in [1.29, 1.82) is 0 Å². The fourth-order valence-corrected chi connectivity index (χ4v) is 2.12. The quantitative estimate of drug-likeness (QED) is 0.474. The second-order valence-corrected chi connectivity index (χ2v) is 4.44. The largest absolute Gasteiger partial charge is 0.214 e. The zero-order chi connectivity index (χ0) is 11.9. The van der Waals surface area contributed by atoms with Gasteiger partial charge in [0.05, 0.1) is 5.69 Å². The van der Waals surface area contributed by atoms with E-state index in [1.165, 1.54) is 0 Å². The molecule has 88 valence electrons. The number of halogens is 1. The van der Waals surface area contributed by atoms with E-state index in [-0.39, 0.29) is 0 Å². The van der Waals surface area contributed by atoms with E-state index in [4.69, 9.17) is 11.6 Å². The molecule has 17 heavy (non-hydrogen) atoms. The van der Waals surface area contributed by atoms with Gasteiger partial charge in [-0.05, 0) is 22.6 Å². The number of para-hydroxylation sites is 1. The van der Waals surface area contributed by atoms with E-state index >= 15 is 0 Å². The highest BCUT2D eigenvalue weighted by molar-refractivity contribution is 7.99. The van der Waals surface area contributed by atoms with Crippen LogP contribution < -0.4 is 0 Å². The van der Waals surface area contributed by atoms with Gasteiger partial charge < -0.3 is 0 Å². The molecule has 0 saturated heterocycles. The summed E-state index contributed by atoms with van der Waals surface area (Å²) in [7, 11) is 0. The van der Waals surface area contributed by atoms with Crippen LogP contribution in [0.25, 0.3) is 5.69 Å². The summed E-state index contributed by atoms with van der Waals surface area (Å²) >= 11 is 7.12. The van der Waals surface area contributed by atoms with Crippen LogP contribution in [0.15, 0.2) is 47.6 Å². The van der Waals surface area contributed by atoms with Gasteiger partial charge in [0, 0.05) is 11.6 Å². The number of hydrogen-bond donors (Lipinski definition) is 0. The van der Waals surface area contributed by atoms with Crippen molar-refractivity contribution in [1.82, 2.24) is 20.2 Å². The molecule has 6 heteroatoms. The summed E-state index contributed by atoms with van der Waals surface area (Å²) in [6.07, 6.45) is 3.91. The zero-order valence-corrected chi connectivity index (χ0v) is 10.6. The first-order valence-electron chi connectivity index (χ1n) is 5.09. The van der Waals surface area contributed by atoms with Crippen molar-refractivity contribution in [3.8, 4) is 5.69 Å². The molecule has 0 unspecified atom stereocenters. The Morgan fingerprint density at radius 1 is 1.24 bits per heavy atom. The Bertz CT molecular complexity index is 483. The summed E-state index contributed by atoms with van der Waals surface area (Å²) in [5.41, 5.74) is 0.960. The molecule has 0 aliphatic heterocycles. The highest BCUT2D eigenvalue weighted by Crippen LogP contribution is 2.17. The van der Waals surface area contributed by atoms with Crippen LogP contribution in [0, 0.1) is 0 Å². The number of nitrogens with zero attached hydrogens (tertiary/aromatic N) is 4. The molecule has 1 heterocycles. The highest BCUT2D eigenvalue weighted by atomic mass is 35.5. The minimum Gasteiger partial charge on any atom is -0.188 e. The van der Waals surface area contributed by atoms with E-state index in [1.807, 2.05) is 42.5 Å². The number of thioether (sulfide) groups is 1. The third-order valence-electron chi connectivity index (χ3n) is 2.01. The summed E-state index contributed by atoms with van der Waals surface area (Å²) in [5, 5.41) is 12.4. The summed E-state index contributed by atoms with van der Waals surface area (Å²) in [6.45, 7) is 0. The topological polar surface area (TPSA) is 43.6 Å². The summed E-state index contributed by atoms with van der Waals surface area (Å²) in [6, 6.07) is 9.81. The molecule has 1 aromatic carbocycles. The Morgan fingerprint density at radius 3 is 2.82 bits per heavy atom. The van der Waals surface area contributed by atoms with Gasteiger partial charge in [-0.25, -0.2) is 0 Å². The van der Waals surface area contributed by atoms with Crippen molar-refractivity contribution in [2.45, 2.75) is 5.16 Å². The first-order chi connectivity index (χ1) is 8.42. The van der Waals surface area contributed by atoms with Gasteiger partial charge in [0.15, 0.2) is 0 Å². The number of alkyl halides is 1. The van der Waals surface area contributed by atoms with Gasteiger partial charge in [0.25, 0.3) is 0 Å². The van der Waals surface area contributed by atoms with E-state index < -0.39 is 0 Å². The minimum absolute atomic E-state index is 0.532. The van der Waals surface area contributed by atoms with Crippen LogP contribution in [0.1, 0.15) is 0 Å². The van der Waals surface area contributed by atoms with Crippen molar-refractivity contribution in [3.05, 3.63) is 42.5 Å². The van der Waals surface area contributed by atoms with Gasteiger partial charge in [-0.2, -0.15) is 4.68 Å². The monoisotopic (exact) mass is 266 g/mol. The number of tetrazole rings is 1. The van der Waals surface area contributed by atoms with Crippen LogP contribution in [0.4, 0.5) is 0 Å². The molecule has 1 aromatic heterocycles. The van der Waals surface area contributed by atoms with Gasteiger partial charge in [-0.15, -0.1) is 16.7 Å². The van der Waals surface area contributed by atoms with Crippen molar-refractivity contribution < 1.29 is 0 Å². The molecule has 0 amide bonds. The molecule has 0 fully saturated rings. The average molecular weight is 267 g/mol. The molecule has 0 radical (unpaired) electrons. The number of allylic oxidation sites excluding steroid dienone is 1. The minimum atomic E-state index is 0.532. The maximum Gasteiger partial charge on any atom is 0.214 e. The lowest BCUT2D eigenvalue weighted by atomic mass is 10.3. The predicted octanol–water partition coefficient (Wildman–Crippen LogP) is 2.55. The lowest BCUT2D eigenvalue weighted by Crippen LogP contribution is -1.98. The smallest absolute Gasteiger partial charge is 0.188 e. The summed E-state index contributed by atoms with van der Waals surface area (Å²) < 4.78 is 1.72. The lowest BCUT2D eigenvalue weighted by molar-refractivity contribution is 0.757. The highest BCUT2D eigenvalue weighted by Gasteiger charge is 2.06. The van der Waals surface area contributed by atoms with Gasteiger partial charge in [-0.1, -0.05) is 42.1 Å². The Kier molecular flexibility index (Phi) is 4.58. The second kappa shape index (κ2) is 6.42. The molecule has 0 aliphatic rings. The van der Waals surface area contributed by atoms with Gasteiger partial charge in [0.2, 0.25) is 5.16 Å². The first kappa shape index (κ1) is 12.1. The Labute approximate surface area is 109 Å². The molecule has 0 aliphatic carbocycles. The van der Waals surface area contributed by atoms with E-state index in [0.29, 0.717) is 5.88 Å². The van der Waals surface area contributed by atoms with Crippen LogP contribution in [0.3, 0.4) is 0 Å². The molecule has 2 rings (SSSR count). The number of hydrogen-bond acceptors (Lipinski definition) is 4. The molecule has 0 spiro atoms. The number of aromatic nitrogens is 4. The number of rotatable bonds is 5. The van der Waals surface area contributed by atoms with E-state index in [0.717, 1.165) is 16.6 Å². The molecule has 0 bridgehead atoms. The van der Waals surface area contributed by atoms with Crippen LogP contribution in [0.2, 0.25) is 0 Å². The number of benzene rings is 1. The van der Waals surface area contributed by atoms with Crippen LogP contribution >= 0.6 is 23.4 Å². The molecular weight excluding hydrogens is 256 g/mol. The third-order valence-corrected chi connectivity index (χ3v) is 3.06. The third kappa shape index (κ3) is 3.31. The molecule has 0 N–H and O–H groups in total. The predicted molar refractivity (Wildman–Crippen MR) is 69.7 cm³/mol. The molecule has 2 aromatic rings. The average Bonchev–Trinajstić information content (AvgIpc) is 2.84. The first-order valence-corrected chi connectivity index (χ1v) is 6.61. The normalized spacial score (nSPS) is 11.1. The van der Waals surface area contributed by atoms with Gasteiger partial charge in [-0.3, -0.25) is 0 Å². The Balaban J connectivity index is 2.10. The fraction of sp³-hybridized carbons (Fsp3) is 0.182. The van der Waals surface area contributed by atoms with Crippen molar-refractivity contribution in [3.63, 3.8) is 0 Å². The fourth-order valence-electron chi connectivity index (χ4n) is 1.25. The van der Waals surface area contributed by atoms with Crippen molar-refractivity contribution in [2.24, 2.45) is 0 Å². The van der Waals surface area contributed by atoms with Crippen molar-refractivity contribution >= 4 is 23.4 Å². The van der Waals surface area contributed by atoms with E-state index in [9.17, 15) is 0 Å². The van der Waals surface area contributed by atoms with Gasteiger partial charge >= 0.3 is 0 Å². The van der Waals surface area contributed by atoms with Crippen LogP contribution in [0.5, 0.6) is 0 Å². The van der Waals surface area contributed by atoms with Crippen LogP contribution in [-0.2, 0) is 0 Å². The van der Waals surface area contributed by atoms with E-state index in [1.54, 1.807) is 16.4 Å². The molecule has 0 saturated carbocycles. The van der Waals surface area contributed by atoms with Gasteiger partial charge in [0.1, 0.15) is 0 Å². The Morgan fingerprint density at radius 2 is 2.06 bits per heavy atom. The van der Waals surface area contributed by atoms with E-state index in [2.05, 4.69) is 15.5 Å². The molecule has 0 atom stereocenters. The maximum absolute atomic E-state index is 5.55. The second-order valence-electron chi connectivity index (χ2n) is 3.15. The van der Waals surface area contributed by atoms with Crippen molar-refractivity contribution in [2.75, 3.05) is 11.6 Å². The Hall–Kier alpha value is -1.33. The lowest BCUT2D eigenvalue weighted by Gasteiger charge is -2.01. The molecular formula is C11H11ClN4S. The SMILES string of the molecule is ClCC=CCSc1nnnn1-c1ccccc1. The molecule has 4 nitrogen and oxygen atoms in total. The zero-order valence-electron chi connectivity index (χ0n) is 9.03. The summed E-state index contributed by atoms with van der Waals surface area (Å²) in [5.74, 6) is 1.34. The van der Waals surface area contributed by atoms with Crippen LogP contribution in [-0.4, -0.2) is 31.8 Å². The summed E-state index contributed by atoms with van der Waals surface area (Å²) in [4.78, 5) is 0.